The van der Waals surface area contributed by atoms with Gasteiger partial charge in [0.15, 0.2) is 0 Å². The van der Waals surface area contributed by atoms with Crippen molar-refractivity contribution in [2.24, 2.45) is 0 Å². The second-order valence-corrected chi connectivity index (χ2v) is 6.11. The average molecular weight is 312 g/mol. The van der Waals surface area contributed by atoms with E-state index >= 15 is 0 Å². The van der Waals surface area contributed by atoms with Gasteiger partial charge in [0.1, 0.15) is 5.82 Å². The molecule has 1 atom stereocenters. The van der Waals surface area contributed by atoms with Crippen LogP contribution in [0, 0.1) is 0 Å². The SMILES string of the molecule is CCNC(c1ccc(Br)s1)c1cccnc1N. The number of hydrogen-bond donors (Lipinski definition) is 2. The van der Waals surface area contributed by atoms with Gasteiger partial charge in [-0.1, -0.05) is 13.0 Å². The van der Waals surface area contributed by atoms with E-state index in [1.165, 1.54) is 4.88 Å². The lowest BCUT2D eigenvalue weighted by atomic mass is 10.1. The number of hydrogen-bond acceptors (Lipinski definition) is 4. The molecule has 17 heavy (non-hydrogen) atoms. The van der Waals surface area contributed by atoms with Crippen molar-refractivity contribution < 1.29 is 0 Å². The van der Waals surface area contributed by atoms with Gasteiger partial charge in [-0.15, -0.1) is 11.3 Å². The maximum atomic E-state index is 5.94. The Labute approximate surface area is 113 Å². The van der Waals surface area contributed by atoms with E-state index in [0.717, 1.165) is 15.9 Å². The number of nitrogens with zero attached hydrogens (tertiary/aromatic N) is 1. The zero-order valence-corrected chi connectivity index (χ0v) is 11.9. The number of thiophene rings is 1. The molecule has 90 valence electrons. The van der Waals surface area contributed by atoms with Crippen LogP contribution in [-0.4, -0.2) is 11.5 Å². The molecule has 0 aromatic carbocycles. The molecule has 0 aliphatic rings. The van der Waals surface area contributed by atoms with Crippen LogP contribution in [0.15, 0.2) is 34.2 Å². The number of halogens is 1. The van der Waals surface area contributed by atoms with Gasteiger partial charge in [0.05, 0.1) is 9.83 Å². The van der Waals surface area contributed by atoms with Crippen molar-refractivity contribution >= 4 is 33.1 Å². The Morgan fingerprint density at radius 2 is 2.29 bits per heavy atom. The molecule has 3 nitrogen and oxygen atoms in total. The molecule has 0 radical (unpaired) electrons. The van der Waals surface area contributed by atoms with Crippen LogP contribution >= 0.6 is 27.3 Å². The van der Waals surface area contributed by atoms with Gasteiger partial charge in [-0.2, -0.15) is 0 Å². The fourth-order valence-electron chi connectivity index (χ4n) is 1.73. The number of nitrogen functional groups attached to an aromatic ring is 1. The highest BCUT2D eigenvalue weighted by Gasteiger charge is 2.17. The zero-order chi connectivity index (χ0) is 12.3. The van der Waals surface area contributed by atoms with Crippen LogP contribution in [0.1, 0.15) is 23.4 Å². The van der Waals surface area contributed by atoms with Crippen LogP contribution in [-0.2, 0) is 0 Å². The standard InChI is InChI=1S/C12H14BrN3S/c1-2-15-11(9-5-6-10(13)17-9)8-4-3-7-16-12(8)14/h3-7,11,15H,2H2,1H3,(H2,14,16). The van der Waals surface area contributed by atoms with Crippen molar-refractivity contribution in [1.29, 1.82) is 0 Å². The number of nitrogens with one attached hydrogen (secondary N) is 1. The van der Waals surface area contributed by atoms with Crippen molar-refractivity contribution in [3.63, 3.8) is 0 Å². The Morgan fingerprint density at radius 1 is 1.47 bits per heavy atom. The molecule has 0 saturated carbocycles. The van der Waals surface area contributed by atoms with Crippen molar-refractivity contribution in [2.45, 2.75) is 13.0 Å². The quantitative estimate of drug-likeness (QED) is 0.911. The molecule has 0 fully saturated rings. The first kappa shape index (κ1) is 12.5. The van der Waals surface area contributed by atoms with E-state index in [-0.39, 0.29) is 6.04 Å². The van der Waals surface area contributed by atoms with Gasteiger partial charge >= 0.3 is 0 Å². The summed E-state index contributed by atoms with van der Waals surface area (Å²) in [5, 5.41) is 3.44. The van der Waals surface area contributed by atoms with Crippen molar-refractivity contribution in [3.05, 3.63) is 44.7 Å². The van der Waals surface area contributed by atoms with E-state index < -0.39 is 0 Å². The van der Waals surface area contributed by atoms with Crippen LogP contribution in [0.2, 0.25) is 0 Å². The molecule has 0 amide bonds. The first-order chi connectivity index (χ1) is 8.22. The van der Waals surface area contributed by atoms with E-state index in [2.05, 4.69) is 45.3 Å². The van der Waals surface area contributed by atoms with Gasteiger partial charge < -0.3 is 11.1 Å². The summed E-state index contributed by atoms with van der Waals surface area (Å²) in [7, 11) is 0. The van der Waals surface area contributed by atoms with Gasteiger partial charge in [-0.3, -0.25) is 0 Å². The predicted octanol–water partition coefficient (Wildman–Crippen LogP) is 3.19. The minimum absolute atomic E-state index is 0.116. The topological polar surface area (TPSA) is 50.9 Å². The number of aromatic nitrogens is 1. The predicted molar refractivity (Wildman–Crippen MR) is 76.2 cm³/mol. The molecular formula is C12H14BrN3S. The summed E-state index contributed by atoms with van der Waals surface area (Å²) >= 11 is 5.20. The van der Waals surface area contributed by atoms with Crippen molar-refractivity contribution in [1.82, 2.24) is 10.3 Å². The van der Waals surface area contributed by atoms with Gasteiger partial charge in [-0.05, 0) is 40.7 Å². The van der Waals surface area contributed by atoms with Crippen LogP contribution in [0.5, 0.6) is 0 Å². The van der Waals surface area contributed by atoms with Crippen molar-refractivity contribution in [2.75, 3.05) is 12.3 Å². The number of anilines is 1. The summed E-state index contributed by atoms with van der Waals surface area (Å²) in [6, 6.07) is 8.21. The van der Waals surface area contributed by atoms with Crippen LogP contribution in [0.25, 0.3) is 0 Å². The fourth-order valence-corrected chi connectivity index (χ4v) is 3.24. The molecule has 0 bridgehead atoms. The molecule has 5 heteroatoms. The molecule has 1 unspecified atom stereocenters. The van der Waals surface area contributed by atoms with E-state index in [0.29, 0.717) is 5.82 Å². The van der Waals surface area contributed by atoms with E-state index in [9.17, 15) is 0 Å². The van der Waals surface area contributed by atoms with Gasteiger partial charge in [-0.25, -0.2) is 4.98 Å². The zero-order valence-electron chi connectivity index (χ0n) is 9.48. The van der Waals surface area contributed by atoms with Crippen LogP contribution < -0.4 is 11.1 Å². The number of rotatable bonds is 4. The highest BCUT2D eigenvalue weighted by atomic mass is 79.9. The van der Waals surface area contributed by atoms with E-state index in [4.69, 9.17) is 5.73 Å². The molecule has 3 N–H and O–H groups in total. The second kappa shape index (κ2) is 5.62. The minimum atomic E-state index is 0.116. The van der Waals surface area contributed by atoms with Crippen molar-refractivity contribution in [3.8, 4) is 0 Å². The molecule has 2 aromatic rings. The van der Waals surface area contributed by atoms with Crippen LogP contribution in [0.3, 0.4) is 0 Å². The third-order valence-corrected chi connectivity index (χ3v) is 4.16. The van der Waals surface area contributed by atoms with Gasteiger partial charge in [0.2, 0.25) is 0 Å². The smallest absolute Gasteiger partial charge is 0.128 e. The Bertz CT molecular complexity index is 498. The maximum absolute atomic E-state index is 5.94. The lowest BCUT2D eigenvalue weighted by Crippen LogP contribution is -2.22. The maximum Gasteiger partial charge on any atom is 0.128 e. The highest BCUT2D eigenvalue weighted by Crippen LogP contribution is 2.32. The number of pyridine rings is 1. The molecular weight excluding hydrogens is 298 g/mol. The summed E-state index contributed by atoms with van der Waals surface area (Å²) in [4.78, 5) is 5.38. The van der Waals surface area contributed by atoms with E-state index in [1.807, 2.05) is 12.1 Å². The first-order valence-electron chi connectivity index (χ1n) is 5.41. The largest absolute Gasteiger partial charge is 0.383 e. The van der Waals surface area contributed by atoms with Gasteiger partial charge in [0.25, 0.3) is 0 Å². The van der Waals surface area contributed by atoms with Gasteiger partial charge in [0, 0.05) is 16.6 Å². The molecule has 2 aromatic heterocycles. The van der Waals surface area contributed by atoms with Crippen LogP contribution in [0.4, 0.5) is 5.82 Å². The summed E-state index contributed by atoms with van der Waals surface area (Å²) in [5.41, 5.74) is 6.97. The Hall–Kier alpha value is -0.910. The first-order valence-corrected chi connectivity index (χ1v) is 7.02. The molecule has 2 rings (SSSR count). The average Bonchev–Trinajstić information content (AvgIpc) is 2.74. The molecule has 0 saturated heterocycles. The van der Waals surface area contributed by atoms with E-state index in [1.54, 1.807) is 17.5 Å². The fraction of sp³-hybridized carbons (Fsp3) is 0.250. The monoisotopic (exact) mass is 311 g/mol. The third kappa shape index (κ3) is 2.86. The molecule has 0 aliphatic heterocycles. The molecule has 0 aliphatic carbocycles. The molecule has 2 heterocycles. The third-order valence-electron chi connectivity index (χ3n) is 2.47. The highest BCUT2D eigenvalue weighted by molar-refractivity contribution is 9.11. The minimum Gasteiger partial charge on any atom is -0.383 e. The lowest BCUT2D eigenvalue weighted by molar-refractivity contribution is 0.639. The number of nitrogens with two attached hydrogens (primary N) is 1. The summed E-state index contributed by atoms with van der Waals surface area (Å²) in [5.74, 6) is 0.586. The second-order valence-electron chi connectivity index (χ2n) is 3.61. The molecule has 0 spiro atoms. The Morgan fingerprint density at radius 3 is 2.88 bits per heavy atom. The summed E-state index contributed by atoms with van der Waals surface area (Å²) in [6.45, 7) is 2.97. The summed E-state index contributed by atoms with van der Waals surface area (Å²) < 4.78 is 1.12. The summed E-state index contributed by atoms with van der Waals surface area (Å²) in [6.07, 6.45) is 1.71. The Kier molecular flexibility index (Phi) is 4.15. The Balaban J connectivity index is 2.39. The lowest BCUT2D eigenvalue weighted by Gasteiger charge is -2.17. The normalized spacial score (nSPS) is 12.6.